The average molecular weight is 250 g/mol. The summed E-state index contributed by atoms with van der Waals surface area (Å²) in [5, 5.41) is 8.81. The lowest BCUT2D eigenvalue weighted by atomic mass is 10.1. The van der Waals surface area contributed by atoms with Gasteiger partial charge in [-0.2, -0.15) is 0 Å². The van der Waals surface area contributed by atoms with Crippen molar-refractivity contribution in [2.75, 3.05) is 12.8 Å². The molecule has 5 nitrogen and oxygen atoms in total. The lowest BCUT2D eigenvalue weighted by molar-refractivity contribution is -0.148. The fourth-order valence-electron chi connectivity index (χ4n) is 1.56. The first kappa shape index (κ1) is 14.0. The number of benzene rings is 1. The number of nitrogen functional groups attached to an aromatic ring is 1. The molecule has 1 amide bonds. The average Bonchev–Trinajstić information content (AvgIpc) is 2.34. The van der Waals surface area contributed by atoms with Gasteiger partial charge >= 0.3 is 5.97 Å². The number of hydrogen-bond donors (Lipinski definition) is 2. The number of carbonyl (C=O) groups excluding carboxylic acids is 1. The van der Waals surface area contributed by atoms with Crippen molar-refractivity contribution >= 4 is 17.6 Å². The minimum Gasteiger partial charge on any atom is -0.480 e. The topological polar surface area (TPSA) is 83.6 Å². The van der Waals surface area contributed by atoms with Crippen LogP contribution in [0, 0.1) is 0 Å². The highest BCUT2D eigenvalue weighted by atomic mass is 16.4. The Morgan fingerprint density at radius 3 is 2.67 bits per heavy atom. The van der Waals surface area contributed by atoms with Crippen LogP contribution >= 0.6 is 0 Å². The molecule has 0 aromatic heterocycles. The SMILES string of the molecule is CC(C(=O)O)N(C)C(=O)CCc1cccc(N)c1. The zero-order valence-electron chi connectivity index (χ0n) is 10.6. The number of nitrogens with zero attached hydrogens (tertiary/aromatic N) is 1. The van der Waals surface area contributed by atoms with Crippen LogP contribution in [0.2, 0.25) is 0 Å². The van der Waals surface area contributed by atoms with E-state index < -0.39 is 12.0 Å². The number of carboxylic acids is 1. The number of carboxylic acid groups (broad SMARTS) is 1. The Morgan fingerprint density at radius 2 is 2.11 bits per heavy atom. The molecular weight excluding hydrogens is 232 g/mol. The van der Waals surface area contributed by atoms with Crippen LogP contribution in [0.1, 0.15) is 18.9 Å². The molecule has 18 heavy (non-hydrogen) atoms. The summed E-state index contributed by atoms with van der Waals surface area (Å²) in [5.74, 6) is -1.19. The summed E-state index contributed by atoms with van der Waals surface area (Å²) in [5.41, 5.74) is 7.27. The predicted molar refractivity (Wildman–Crippen MR) is 69.0 cm³/mol. The number of carbonyl (C=O) groups is 2. The fourth-order valence-corrected chi connectivity index (χ4v) is 1.56. The monoisotopic (exact) mass is 250 g/mol. The molecule has 0 spiro atoms. The van der Waals surface area contributed by atoms with Crippen LogP contribution in [-0.2, 0) is 16.0 Å². The molecule has 0 bridgehead atoms. The van der Waals surface area contributed by atoms with E-state index in [4.69, 9.17) is 10.8 Å². The normalized spacial score (nSPS) is 11.9. The number of aliphatic carboxylic acids is 1. The second-order valence-corrected chi connectivity index (χ2v) is 4.26. The molecular formula is C13H18N2O3. The van der Waals surface area contributed by atoms with Crippen LogP contribution in [0.3, 0.4) is 0 Å². The Kier molecular flexibility index (Phi) is 4.71. The highest BCUT2D eigenvalue weighted by Gasteiger charge is 2.21. The molecule has 3 N–H and O–H groups in total. The zero-order valence-corrected chi connectivity index (χ0v) is 10.6. The van der Waals surface area contributed by atoms with Crippen molar-refractivity contribution in [2.24, 2.45) is 0 Å². The summed E-state index contributed by atoms with van der Waals surface area (Å²) >= 11 is 0. The van der Waals surface area contributed by atoms with E-state index in [0.717, 1.165) is 5.56 Å². The molecule has 0 radical (unpaired) electrons. The van der Waals surface area contributed by atoms with E-state index in [-0.39, 0.29) is 12.3 Å². The van der Waals surface area contributed by atoms with E-state index in [1.54, 1.807) is 6.07 Å². The largest absolute Gasteiger partial charge is 0.480 e. The second kappa shape index (κ2) is 6.05. The molecule has 0 fully saturated rings. The Hall–Kier alpha value is -2.04. The smallest absolute Gasteiger partial charge is 0.326 e. The number of aryl methyl sites for hydroxylation is 1. The van der Waals surface area contributed by atoms with Crippen molar-refractivity contribution in [3.8, 4) is 0 Å². The van der Waals surface area contributed by atoms with Gasteiger partial charge in [-0.1, -0.05) is 12.1 Å². The molecule has 1 aromatic rings. The van der Waals surface area contributed by atoms with E-state index in [0.29, 0.717) is 12.1 Å². The van der Waals surface area contributed by atoms with E-state index in [9.17, 15) is 9.59 Å². The van der Waals surface area contributed by atoms with Crippen LogP contribution in [0.25, 0.3) is 0 Å². The van der Waals surface area contributed by atoms with Gasteiger partial charge in [-0.3, -0.25) is 4.79 Å². The van der Waals surface area contributed by atoms with E-state index in [1.807, 2.05) is 18.2 Å². The van der Waals surface area contributed by atoms with Gasteiger partial charge in [-0.25, -0.2) is 4.79 Å². The van der Waals surface area contributed by atoms with Crippen molar-refractivity contribution in [1.82, 2.24) is 4.90 Å². The van der Waals surface area contributed by atoms with Gasteiger partial charge in [-0.15, -0.1) is 0 Å². The number of amides is 1. The van der Waals surface area contributed by atoms with Gasteiger partial charge < -0.3 is 15.7 Å². The minimum atomic E-state index is -1.00. The van der Waals surface area contributed by atoms with E-state index >= 15 is 0 Å². The Balaban J connectivity index is 2.53. The molecule has 0 aliphatic carbocycles. The summed E-state index contributed by atoms with van der Waals surface area (Å²) in [6.45, 7) is 1.49. The third-order valence-electron chi connectivity index (χ3n) is 2.91. The Morgan fingerprint density at radius 1 is 1.44 bits per heavy atom. The number of anilines is 1. The standard InChI is InChI=1S/C13H18N2O3/c1-9(13(17)18)15(2)12(16)7-6-10-4-3-5-11(14)8-10/h3-5,8-9H,6-7,14H2,1-2H3,(H,17,18). The maximum absolute atomic E-state index is 11.8. The van der Waals surface area contributed by atoms with Crippen molar-refractivity contribution in [3.05, 3.63) is 29.8 Å². The van der Waals surface area contributed by atoms with Crippen LogP contribution in [0.15, 0.2) is 24.3 Å². The molecule has 5 heteroatoms. The molecule has 0 saturated heterocycles. The van der Waals surface area contributed by atoms with Crippen LogP contribution in [-0.4, -0.2) is 35.0 Å². The maximum Gasteiger partial charge on any atom is 0.326 e. The molecule has 0 heterocycles. The molecule has 1 atom stereocenters. The molecule has 1 rings (SSSR count). The van der Waals surface area contributed by atoms with Crippen molar-refractivity contribution < 1.29 is 14.7 Å². The predicted octanol–water partition coefficient (Wildman–Crippen LogP) is 1.13. The van der Waals surface area contributed by atoms with Gasteiger partial charge in [0.25, 0.3) is 0 Å². The van der Waals surface area contributed by atoms with Gasteiger partial charge in [-0.05, 0) is 31.0 Å². The summed E-state index contributed by atoms with van der Waals surface area (Å²) in [6.07, 6.45) is 0.831. The lowest BCUT2D eigenvalue weighted by Crippen LogP contribution is -2.40. The third kappa shape index (κ3) is 3.76. The van der Waals surface area contributed by atoms with Gasteiger partial charge in [0.05, 0.1) is 0 Å². The first-order chi connectivity index (χ1) is 8.41. The minimum absolute atomic E-state index is 0.188. The quantitative estimate of drug-likeness (QED) is 0.767. The molecule has 1 aromatic carbocycles. The highest BCUT2D eigenvalue weighted by Crippen LogP contribution is 2.10. The van der Waals surface area contributed by atoms with Crippen molar-refractivity contribution in [2.45, 2.75) is 25.8 Å². The maximum atomic E-state index is 11.8. The Labute approximate surface area is 106 Å². The molecule has 0 aliphatic rings. The summed E-state index contributed by atoms with van der Waals surface area (Å²) in [6, 6.07) is 6.51. The fraction of sp³-hybridized carbons (Fsp3) is 0.385. The van der Waals surface area contributed by atoms with Gasteiger partial charge in [0, 0.05) is 19.2 Å². The van der Waals surface area contributed by atoms with Crippen LogP contribution < -0.4 is 5.73 Å². The summed E-state index contributed by atoms with van der Waals surface area (Å²) in [7, 11) is 1.50. The first-order valence-electron chi connectivity index (χ1n) is 5.74. The second-order valence-electron chi connectivity index (χ2n) is 4.26. The molecule has 1 unspecified atom stereocenters. The summed E-state index contributed by atoms with van der Waals surface area (Å²) < 4.78 is 0. The molecule has 98 valence electrons. The lowest BCUT2D eigenvalue weighted by Gasteiger charge is -2.21. The van der Waals surface area contributed by atoms with E-state index in [2.05, 4.69) is 0 Å². The number of hydrogen-bond acceptors (Lipinski definition) is 3. The first-order valence-corrected chi connectivity index (χ1v) is 5.74. The number of likely N-dealkylation sites (N-methyl/N-ethyl adjacent to an activating group) is 1. The van der Waals surface area contributed by atoms with Crippen molar-refractivity contribution in [1.29, 1.82) is 0 Å². The highest BCUT2D eigenvalue weighted by molar-refractivity contribution is 5.83. The molecule has 0 aliphatic heterocycles. The Bertz CT molecular complexity index is 446. The number of rotatable bonds is 5. The van der Waals surface area contributed by atoms with Gasteiger partial charge in [0.15, 0.2) is 0 Å². The van der Waals surface area contributed by atoms with Gasteiger partial charge in [0.2, 0.25) is 5.91 Å². The van der Waals surface area contributed by atoms with Crippen LogP contribution in [0.4, 0.5) is 5.69 Å². The van der Waals surface area contributed by atoms with Crippen molar-refractivity contribution in [3.63, 3.8) is 0 Å². The van der Waals surface area contributed by atoms with Gasteiger partial charge in [0.1, 0.15) is 6.04 Å². The third-order valence-corrected chi connectivity index (χ3v) is 2.91. The zero-order chi connectivity index (χ0) is 13.7. The van der Waals surface area contributed by atoms with Crippen LogP contribution in [0.5, 0.6) is 0 Å². The van der Waals surface area contributed by atoms with E-state index in [1.165, 1.54) is 18.9 Å². The summed E-state index contributed by atoms with van der Waals surface area (Å²) in [4.78, 5) is 23.8. The molecule has 0 saturated carbocycles. The number of nitrogens with two attached hydrogens (primary N) is 1.